The Morgan fingerprint density at radius 3 is 2.50 bits per heavy atom. The van der Waals surface area contributed by atoms with E-state index in [9.17, 15) is 32.6 Å². The highest BCUT2D eigenvalue weighted by Crippen LogP contribution is 2.34. The van der Waals surface area contributed by atoms with Crippen molar-refractivity contribution in [2.45, 2.75) is 24.8 Å². The highest BCUT2D eigenvalue weighted by molar-refractivity contribution is 7.91. The van der Waals surface area contributed by atoms with E-state index >= 15 is 0 Å². The minimum absolute atomic E-state index is 0.0129. The predicted molar refractivity (Wildman–Crippen MR) is 111 cm³/mol. The van der Waals surface area contributed by atoms with Gasteiger partial charge in [-0.25, -0.2) is 22.4 Å². The lowest BCUT2D eigenvalue weighted by atomic mass is 9.95. The first-order chi connectivity index (χ1) is 15.0. The van der Waals surface area contributed by atoms with Crippen LogP contribution in [0.3, 0.4) is 0 Å². The molecule has 3 rings (SSSR count). The number of urea groups is 1. The van der Waals surface area contributed by atoms with E-state index in [0.29, 0.717) is 0 Å². The molecule has 0 unspecified atom stereocenters. The van der Waals surface area contributed by atoms with Crippen LogP contribution in [0.5, 0.6) is 11.5 Å². The van der Waals surface area contributed by atoms with Crippen molar-refractivity contribution >= 4 is 21.8 Å². The molecular formula is C21H21FN2O7S. The van der Waals surface area contributed by atoms with Gasteiger partial charge < -0.3 is 25.6 Å². The number of aromatic hydroxyl groups is 2. The first-order valence-corrected chi connectivity index (χ1v) is 11.2. The van der Waals surface area contributed by atoms with Gasteiger partial charge in [-0.05, 0) is 55.3 Å². The third-order valence-electron chi connectivity index (χ3n) is 4.80. The fourth-order valence-corrected chi connectivity index (χ4v) is 4.64. The number of carbonyl (C=O) groups is 2. The number of hydrogen-bond acceptors (Lipinski definition) is 7. The molecule has 11 heteroatoms. The number of carbonyl (C=O) groups excluding carboxylic acids is 2. The van der Waals surface area contributed by atoms with Gasteiger partial charge in [-0.1, -0.05) is 6.07 Å². The van der Waals surface area contributed by atoms with Crippen LogP contribution in [0.1, 0.15) is 24.1 Å². The van der Waals surface area contributed by atoms with Crippen molar-refractivity contribution in [2.24, 2.45) is 0 Å². The lowest BCUT2D eigenvalue weighted by molar-refractivity contribution is -0.139. The smallest absolute Gasteiger partial charge is 0.338 e. The van der Waals surface area contributed by atoms with Crippen molar-refractivity contribution < 1.29 is 37.3 Å². The van der Waals surface area contributed by atoms with E-state index < -0.39 is 50.9 Å². The Morgan fingerprint density at radius 2 is 1.88 bits per heavy atom. The highest BCUT2D eigenvalue weighted by atomic mass is 32.2. The van der Waals surface area contributed by atoms with Crippen LogP contribution in [0.15, 0.2) is 52.6 Å². The predicted octanol–water partition coefficient (Wildman–Crippen LogP) is 2.19. The Bertz CT molecular complexity index is 1220. The van der Waals surface area contributed by atoms with Gasteiger partial charge in [-0.3, -0.25) is 0 Å². The van der Waals surface area contributed by atoms with Gasteiger partial charge in [0.1, 0.15) is 5.82 Å². The summed E-state index contributed by atoms with van der Waals surface area (Å²) in [5, 5.41) is 24.2. The molecule has 2 amide bonds. The van der Waals surface area contributed by atoms with Gasteiger partial charge >= 0.3 is 12.0 Å². The second-order valence-electron chi connectivity index (χ2n) is 7.06. The van der Waals surface area contributed by atoms with Crippen LogP contribution in [0.4, 0.5) is 9.18 Å². The van der Waals surface area contributed by atoms with E-state index in [2.05, 4.69) is 10.6 Å². The normalized spacial score (nSPS) is 16.3. The molecule has 0 radical (unpaired) electrons. The first kappa shape index (κ1) is 23.1. The zero-order valence-electron chi connectivity index (χ0n) is 17.2. The maximum atomic E-state index is 13.6. The lowest BCUT2D eigenvalue weighted by Crippen LogP contribution is -2.47. The Hall–Kier alpha value is -3.60. The van der Waals surface area contributed by atoms with E-state index in [0.717, 1.165) is 24.3 Å². The molecule has 0 fully saturated rings. The van der Waals surface area contributed by atoms with Crippen molar-refractivity contribution in [3.63, 3.8) is 0 Å². The molecule has 32 heavy (non-hydrogen) atoms. The molecule has 2 aromatic carbocycles. The van der Waals surface area contributed by atoms with E-state index in [1.54, 1.807) is 6.92 Å². The number of hydrogen-bond donors (Lipinski definition) is 4. The van der Waals surface area contributed by atoms with Crippen molar-refractivity contribution in [3.8, 4) is 11.5 Å². The highest BCUT2D eigenvalue weighted by Gasteiger charge is 2.36. The average Bonchev–Trinajstić information content (AvgIpc) is 2.71. The van der Waals surface area contributed by atoms with Gasteiger partial charge in [0, 0.05) is 5.70 Å². The number of aryl methyl sites for hydroxylation is 1. The third kappa shape index (κ3) is 4.67. The second kappa shape index (κ2) is 8.87. The largest absolute Gasteiger partial charge is 0.504 e. The molecule has 0 saturated heterocycles. The minimum Gasteiger partial charge on any atom is -0.504 e. The summed E-state index contributed by atoms with van der Waals surface area (Å²) in [4.78, 5) is 24.9. The molecular weight excluding hydrogens is 443 g/mol. The summed E-state index contributed by atoms with van der Waals surface area (Å²) in [6.07, 6.45) is 0. The van der Waals surface area contributed by atoms with Gasteiger partial charge in [-0.15, -0.1) is 0 Å². The summed E-state index contributed by atoms with van der Waals surface area (Å²) in [5.74, 6) is -3.12. The average molecular weight is 464 g/mol. The topological polar surface area (TPSA) is 142 Å². The number of rotatable bonds is 6. The fraction of sp³-hybridized carbons (Fsp3) is 0.238. The van der Waals surface area contributed by atoms with Crippen molar-refractivity contribution in [3.05, 3.63) is 64.6 Å². The van der Waals surface area contributed by atoms with E-state index in [1.807, 2.05) is 0 Å². The maximum absolute atomic E-state index is 13.6. The quantitative estimate of drug-likeness (QED) is 0.292. The van der Waals surface area contributed by atoms with E-state index in [1.165, 1.54) is 19.1 Å². The molecule has 1 atom stereocenters. The number of phenolic OH excluding ortho intramolecular Hbond substituents is 2. The Balaban J connectivity index is 2.12. The van der Waals surface area contributed by atoms with Gasteiger partial charge in [0.05, 0.1) is 28.9 Å². The van der Waals surface area contributed by atoms with Crippen molar-refractivity contribution in [1.82, 2.24) is 10.6 Å². The summed E-state index contributed by atoms with van der Waals surface area (Å²) in [7, 11) is -4.09. The Labute approximate surface area is 183 Å². The molecule has 2 aromatic rings. The Morgan fingerprint density at radius 1 is 1.16 bits per heavy atom. The number of ether oxygens (including phenoxy) is 1. The number of sulfone groups is 1. The van der Waals surface area contributed by atoms with E-state index in [-0.39, 0.29) is 33.9 Å². The van der Waals surface area contributed by atoms with Gasteiger partial charge in [-0.2, -0.15) is 0 Å². The van der Waals surface area contributed by atoms with Crippen LogP contribution in [-0.2, 0) is 19.4 Å². The summed E-state index contributed by atoms with van der Waals surface area (Å²) in [6, 6.07) is 5.00. The standard InChI is InChI=1S/C21H21FN2O7S/c1-3-31-20(27)18-15(10-32(29,30)13-5-6-14(22)11(2)8-13)23-21(28)24-19(18)12-4-7-16(25)17(26)9-12/h4-9,19,25-26H,3,10H2,1-2H3,(H2,23,24,28)/t19-/m0/s1. The summed E-state index contributed by atoms with van der Waals surface area (Å²) < 4.78 is 44.6. The lowest BCUT2D eigenvalue weighted by Gasteiger charge is -2.29. The van der Waals surface area contributed by atoms with Gasteiger partial charge in [0.25, 0.3) is 0 Å². The summed E-state index contributed by atoms with van der Waals surface area (Å²) >= 11 is 0. The van der Waals surface area contributed by atoms with Crippen LogP contribution in [0.25, 0.3) is 0 Å². The van der Waals surface area contributed by atoms with Crippen LogP contribution in [0, 0.1) is 12.7 Å². The monoisotopic (exact) mass is 464 g/mol. The number of esters is 1. The first-order valence-electron chi connectivity index (χ1n) is 9.52. The minimum atomic E-state index is -4.09. The number of benzene rings is 2. The van der Waals surface area contributed by atoms with Crippen LogP contribution in [0.2, 0.25) is 0 Å². The Kier molecular flexibility index (Phi) is 6.40. The summed E-state index contributed by atoms with van der Waals surface area (Å²) in [5.41, 5.74) is -0.0612. The van der Waals surface area contributed by atoms with Crippen molar-refractivity contribution in [2.75, 3.05) is 12.4 Å². The summed E-state index contributed by atoms with van der Waals surface area (Å²) in [6.45, 7) is 2.96. The molecule has 170 valence electrons. The maximum Gasteiger partial charge on any atom is 0.338 e. The zero-order chi connectivity index (χ0) is 23.6. The molecule has 0 aromatic heterocycles. The number of amides is 2. The molecule has 1 heterocycles. The fourth-order valence-electron chi connectivity index (χ4n) is 3.24. The number of phenols is 2. The number of halogens is 1. The van der Waals surface area contributed by atoms with Gasteiger partial charge in [0.2, 0.25) is 0 Å². The number of nitrogens with one attached hydrogen (secondary N) is 2. The molecule has 1 aliphatic rings. The van der Waals surface area contributed by atoms with E-state index in [4.69, 9.17) is 4.74 Å². The molecule has 1 aliphatic heterocycles. The van der Waals surface area contributed by atoms with Gasteiger partial charge in [0.15, 0.2) is 21.3 Å². The molecule has 0 aliphatic carbocycles. The molecule has 9 nitrogen and oxygen atoms in total. The SMILES string of the molecule is CCOC(=O)C1=C(CS(=O)(=O)c2ccc(F)c(C)c2)NC(=O)N[C@H]1c1ccc(O)c(O)c1. The second-order valence-corrected chi connectivity index (χ2v) is 9.05. The molecule has 0 bridgehead atoms. The molecule has 4 N–H and O–H groups in total. The zero-order valence-corrected chi connectivity index (χ0v) is 18.0. The van der Waals surface area contributed by atoms with Crippen LogP contribution in [-0.4, -0.2) is 43.0 Å². The molecule has 0 saturated carbocycles. The molecule has 0 spiro atoms. The van der Waals surface area contributed by atoms with Crippen molar-refractivity contribution in [1.29, 1.82) is 0 Å². The third-order valence-corrected chi connectivity index (χ3v) is 6.45. The van der Waals surface area contributed by atoms with Crippen LogP contribution < -0.4 is 10.6 Å². The van der Waals surface area contributed by atoms with Crippen LogP contribution >= 0.6 is 0 Å².